The maximum absolute atomic E-state index is 5.65. The molecule has 4 heteroatoms. The van der Waals surface area contributed by atoms with Gasteiger partial charge in [0, 0.05) is 6.54 Å². The van der Waals surface area contributed by atoms with E-state index in [-0.39, 0.29) is 5.60 Å². The molecule has 0 radical (unpaired) electrons. The highest BCUT2D eigenvalue weighted by atomic mass is 16.5. The molecule has 72 valence electrons. The molecule has 1 aromatic heterocycles. The predicted molar refractivity (Wildman–Crippen MR) is 49.1 cm³/mol. The molecule has 4 nitrogen and oxygen atoms in total. The summed E-state index contributed by atoms with van der Waals surface area (Å²) in [7, 11) is 0. The number of hydrogen-bond acceptors (Lipinski definition) is 3. The summed E-state index contributed by atoms with van der Waals surface area (Å²) >= 11 is 0. The van der Waals surface area contributed by atoms with Crippen molar-refractivity contribution in [3.05, 3.63) is 17.5 Å². The van der Waals surface area contributed by atoms with Crippen LogP contribution in [-0.2, 0) is 23.4 Å². The summed E-state index contributed by atoms with van der Waals surface area (Å²) < 4.78 is 7.64. The van der Waals surface area contributed by atoms with Crippen LogP contribution >= 0.6 is 0 Å². The average Bonchev–Trinajstić information content (AvgIpc) is 2.48. The summed E-state index contributed by atoms with van der Waals surface area (Å²) in [5.41, 5.74) is 7.37. The van der Waals surface area contributed by atoms with E-state index in [1.807, 2.05) is 10.7 Å². The minimum atomic E-state index is -0.224. The Bertz CT molecular complexity index is 317. The Hall–Kier alpha value is -0.870. The van der Waals surface area contributed by atoms with Gasteiger partial charge in [0.2, 0.25) is 0 Å². The zero-order valence-electron chi connectivity index (χ0n) is 8.08. The Morgan fingerprint density at radius 3 is 3.08 bits per heavy atom. The Kier molecular flexibility index (Phi) is 1.89. The quantitative estimate of drug-likeness (QED) is 0.690. The first-order chi connectivity index (χ1) is 6.13. The van der Waals surface area contributed by atoms with Gasteiger partial charge in [-0.3, -0.25) is 4.68 Å². The molecule has 1 aliphatic heterocycles. The second kappa shape index (κ2) is 2.82. The van der Waals surface area contributed by atoms with Gasteiger partial charge in [-0.2, -0.15) is 5.10 Å². The van der Waals surface area contributed by atoms with Crippen molar-refractivity contribution in [2.24, 2.45) is 5.73 Å². The van der Waals surface area contributed by atoms with Crippen LogP contribution in [0.15, 0.2) is 6.07 Å². The van der Waals surface area contributed by atoms with Crippen LogP contribution in [0.4, 0.5) is 0 Å². The maximum atomic E-state index is 5.65. The Morgan fingerprint density at radius 1 is 1.69 bits per heavy atom. The van der Waals surface area contributed by atoms with E-state index < -0.39 is 0 Å². The molecule has 0 unspecified atom stereocenters. The molecule has 0 bridgehead atoms. The molecule has 0 atom stereocenters. The standard InChI is InChI=1S/C9H15N3O/c1-9(2)8-5-7(6-10)11-12(8)3-4-13-9/h5H,3-4,6,10H2,1-2H3. The fourth-order valence-electron chi connectivity index (χ4n) is 1.69. The van der Waals surface area contributed by atoms with Crippen LogP contribution in [0.25, 0.3) is 0 Å². The smallest absolute Gasteiger partial charge is 0.104 e. The van der Waals surface area contributed by atoms with Crippen LogP contribution in [0.3, 0.4) is 0 Å². The molecule has 2 rings (SSSR count). The Morgan fingerprint density at radius 2 is 2.46 bits per heavy atom. The van der Waals surface area contributed by atoms with Crippen molar-refractivity contribution in [1.29, 1.82) is 0 Å². The van der Waals surface area contributed by atoms with E-state index in [0.717, 1.165) is 24.5 Å². The van der Waals surface area contributed by atoms with Crippen LogP contribution in [-0.4, -0.2) is 16.4 Å². The van der Waals surface area contributed by atoms with E-state index >= 15 is 0 Å². The fourth-order valence-corrected chi connectivity index (χ4v) is 1.69. The molecule has 0 saturated carbocycles. The van der Waals surface area contributed by atoms with Crippen LogP contribution in [0.1, 0.15) is 25.2 Å². The fraction of sp³-hybridized carbons (Fsp3) is 0.667. The van der Waals surface area contributed by atoms with Gasteiger partial charge in [-0.1, -0.05) is 0 Å². The highest BCUT2D eigenvalue weighted by Gasteiger charge is 2.29. The monoisotopic (exact) mass is 181 g/mol. The first-order valence-corrected chi connectivity index (χ1v) is 4.55. The lowest BCUT2D eigenvalue weighted by Crippen LogP contribution is -2.33. The molecule has 0 fully saturated rings. The summed E-state index contributed by atoms with van der Waals surface area (Å²) in [5, 5.41) is 4.38. The van der Waals surface area contributed by atoms with E-state index in [4.69, 9.17) is 10.5 Å². The number of nitrogens with two attached hydrogens (primary N) is 1. The average molecular weight is 181 g/mol. The van der Waals surface area contributed by atoms with Crippen molar-refractivity contribution in [3.63, 3.8) is 0 Å². The summed E-state index contributed by atoms with van der Waals surface area (Å²) in [6.07, 6.45) is 0. The Labute approximate surface area is 77.7 Å². The highest BCUT2D eigenvalue weighted by molar-refractivity contribution is 5.17. The van der Waals surface area contributed by atoms with Crippen molar-refractivity contribution < 1.29 is 4.74 Å². The van der Waals surface area contributed by atoms with Gasteiger partial charge in [0.25, 0.3) is 0 Å². The zero-order valence-corrected chi connectivity index (χ0v) is 8.08. The van der Waals surface area contributed by atoms with Gasteiger partial charge >= 0.3 is 0 Å². The third kappa shape index (κ3) is 1.36. The Balaban J connectivity index is 2.44. The lowest BCUT2D eigenvalue weighted by molar-refractivity contribution is -0.0532. The van der Waals surface area contributed by atoms with Crippen molar-refractivity contribution in [1.82, 2.24) is 9.78 Å². The lowest BCUT2D eigenvalue weighted by atomic mass is 10.0. The van der Waals surface area contributed by atoms with Crippen LogP contribution in [0.5, 0.6) is 0 Å². The van der Waals surface area contributed by atoms with E-state index in [1.54, 1.807) is 0 Å². The summed E-state index contributed by atoms with van der Waals surface area (Å²) in [4.78, 5) is 0. The van der Waals surface area contributed by atoms with E-state index in [2.05, 4.69) is 18.9 Å². The molecule has 0 aromatic carbocycles. The normalized spacial score (nSPS) is 19.9. The van der Waals surface area contributed by atoms with Crippen LogP contribution in [0.2, 0.25) is 0 Å². The molecule has 13 heavy (non-hydrogen) atoms. The van der Waals surface area contributed by atoms with Crippen LogP contribution in [0, 0.1) is 0 Å². The molecular weight excluding hydrogens is 166 g/mol. The van der Waals surface area contributed by atoms with E-state index in [0.29, 0.717) is 6.54 Å². The number of rotatable bonds is 1. The molecule has 2 N–H and O–H groups in total. The molecule has 1 aliphatic rings. The molecule has 0 aliphatic carbocycles. The summed E-state index contributed by atoms with van der Waals surface area (Å²) in [5.74, 6) is 0. The largest absolute Gasteiger partial charge is 0.367 e. The van der Waals surface area contributed by atoms with Gasteiger partial charge in [0.1, 0.15) is 5.60 Å². The van der Waals surface area contributed by atoms with Gasteiger partial charge in [-0.25, -0.2) is 0 Å². The molecule has 0 saturated heterocycles. The van der Waals surface area contributed by atoms with E-state index in [9.17, 15) is 0 Å². The van der Waals surface area contributed by atoms with Gasteiger partial charge in [-0.05, 0) is 19.9 Å². The SMILES string of the molecule is CC1(C)OCCn2nc(CN)cc21. The maximum Gasteiger partial charge on any atom is 0.104 e. The lowest BCUT2D eigenvalue weighted by Gasteiger charge is -2.30. The zero-order chi connectivity index (χ0) is 9.47. The van der Waals surface area contributed by atoms with Crippen molar-refractivity contribution >= 4 is 0 Å². The highest BCUT2D eigenvalue weighted by Crippen LogP contribution is 2.28. The molecule has 0 amide bonds. The minimum absolute atomic E-state index is 0.224. The predicted octanol–water partition coefficient (Wildman–Crippen LogP) is 0.607. The first-order valence-electron chi connectivity index (χ1n) is 4.55. The third-order valence-electron chi connectivity index (χ3n) is 2.42. The first kappa shape index (κ1) is 8.72. The van der Waals surface area contributed by atoms with Crippen LogP contribution < -0.4 is 5.73 Å². The number of ether oxygens (including phenoxy) is 1. The minimum Gasteiger partial charge on any atom is -0.367 e. The molecular formula is C9H15N3O. The van der Waals surface area contributed by atoms with Crippen molar-refractivity contribution in [2.75, 3.05) is 6.61 Å². The number of nitrogens with zero attached hydrogens (tertiary/aromatic N) is 2. The topological polar surface area (TPSA) is 53.1 Å². The third-order valence-corrected chi connectivity index (χ3v) is 2.42. The van der Waals surface area contributed by atoms with Gasteiger partial charge in [0.15, 0.2) is 0 Å². The van der Waals surface area contributed by atoms with Gasteiger partial charge in [-0.15, -0.1) is 0 Å². The summed E-state index contributed by atoms with van der Waals surface area (Å²) in [6, 6.07) is 2.03. The number of fused-ring (bicyclic) bond motifs is 1. The van der Waals surface area contributed by atoms with Crippen molar-refractivity contribution in [2.45, 2.75) is 32.5 Å². The molecule has 0 spiro atoms. The van der Waals surface area contributed by atoms with Gasteiger partial charge < -0.3 is 10.5 Å². The second-order valence-corrected chi connectivity index (χ2v) is 3.81. The molecule has 1 aromatic rings. The second-order valence-electron chi connectivity index (χ2n) is 3.81. The number of aromatic nitrogens is 2. The number of hydrogen-bond donors (Lipinski definition) is 1. The van der Waals surface area contributed by atoms with E-state index in [1.165, 1.54) is 0 Å². The van der Waals surface area contributed by atoms with Crippen molar-refractivity contribution in [3.8, 4) is 0 Å². The summed E-state index contributed by atoms with van der Waals surface area (Å²) in [6.45, 7) is 6.17. The van der Waals surface area contributed by atoms with Gasteiger partial charge in [0.05, 0.1) is 24.5 Å². The molecule has 2 heterocycles.